The Bertz CT molecular complexity index is 1110. The summed E-state index contributed by atoms with van der Waals surface area (Å²) in [5, 5.41) is 18.2. The van der Waals surface area contributed by atoms with Crippen molar-refractivity contribution >= 4 is 10.9 Å². The molecule has 0 fully saturated rings. The zero-order valence-corrected chi connectivity index (χ0v) is 16.9. The number of para-hydroxylation sites is 1. The predicted molar refractivity (Wildman–Crippen MR) is 114 cm³/mol. The van der Waals surface area contributed by atoms with Crippen LogP contribution < -0.4 is 4.74 Å². The third-order valence-corrected chi connectivity index (χ3v) is 4.83. The van der Waals surface area contributed by atoms with E-state index in [1.54, 1.807) is 11.8 Å². The molecule has 0 aliphatic rings. The lowest BCUT2D eigenvalue weighted by molar-refractivity contribution is 0.105. The van der Waals surface area contributed by atoms with Gasteiger partial charge < -0.3 is 14.6 Å². The quantitative estimate of drug-likeness (QED) is 0.459. The van der Waals surface area contributed by atoms with E-state index in [0.29, 0.717) is 26.2 Å². The molecule has 0 bridgehead atoms. The fraction of sp³-hybridized carbons (Fsp3) is 0.261. The molecule has 0 aliphatic heterocycles. The minimum atomic E-state index is 0.136. The minimum Gasteiger partial charge on any atom is -0.497 e. The van der Waals surface area contributed by atoms with Crippen LogP contribution in [0.4, 0.5) is 0 Å². The summed E-state index contributed by atoms with van der Waals surface area (Å²) < 4.78 is 12.9. The first-order valence-corrected chi connectivity index (χ1v) is 9.87. The van der Waals surface area contributed by atoms with Gasteiger partial charge in [0.25, 0.3) is 0 Å². The molecule has 4 aromatic rings. The maximum Gasteiger partial charge on any atom is 0.118 e. The Morgan fingerprint density at radius 1 is 1.03 bits per heavy atom. The lowest BCUT2D eigenvalue weighted by Gasteiger charge is -2.10. The highest BCUT2D eigenvalue weighted by molar-refractivity contribution is 5.85. The second kappa shape index (κ2) is 9.47. The third kappa shape index (κ3) is 4.64. The van der Waals surface area contributed by atoms with Crippen molar-refractivity contribution in [1.29, 1.82) is 0 Å². The van der Waals surface area contributed by atoms with Crippen LogP contribution in [0.1, 0.15) is 17.7 Å². The summed E-state index contributed by atoms with van der Waals surface area (Å²) in [5.74, 6) is 0.815. The van der Waals surface area contributed by atoms with Gasteiger partial charge in [-0.3, -0.25) is 4.68 Å². The number of rotatable bonds is 9. The highest BCUT2D eigenvalue weighted by Crippen LogP contribution is 2.27. The van der Waals surface area contributed by atoms with Crippen molar-refractivity contribution in [3.05, 3.63) is 72.1 Å². The van der Waals surface area contributed by atoms with Gasteiger partial charge in [0.05, 0.1) is 37.7 Å². The van der Waals surface area contributed by atoms with Gasteiger partial charge >= 0.3 is 0 Å². The average Bonchev–Trinajstić information content (AvgIpc) is 3.25. The number of benzene rings is 2. The van der Waals surface area contributed by atoms with Gasteiger partial charge in [0.2, 0.25) is 0 Å². The van der Waals surface area contributed by atoms with Crippen molar-refractivity contribution in [3.8, 4) is 17.0 Å². The maximum absolute atomic E-state index is 8.92. The van der Waals surface area contributed by atoms with E-state index in [4.69, 9.17) is 19.6 Å². The molecular weight excluding hydrogens is 380 g/mol. The fourth-order valence-electron chi connectivity index (χ4n) is 3.29. The van der Waals surface area contributed by atoms with Crippen LogP contribution >= 0.6 is 0 Å². The van der Waals surface area contributed by atoms with Crippen molar-refractivity contribution in [2.75, 3.05) is 13.7 Å². The van der Waals surface area contributed by atoms with Gasteiger partial charge in [-0.25, -0.2) is 4.98 Å². The van der Waals surface area contributed by atoms with Crippen LogP contribution in [0.3, 0.4) is 0 Å². The average molecular weight is 404 g/mol. The number of methoxy groups -OCH3 is 1. The van der Waals surface area contributed by atoms with E-state index in [-0.39, 0.29) is 6.61 Å². The highest BCUT2D eigenvalue weighted by Gasteiger charge is 2.09. The van der Waals surface area contributed by atoms with Crippen molar-refractivity contribution in [2.45, 2.75) is 26.2 Å². The van der Waals surface area contributed by atoms with Crippen LogP contribution in [0.15, 0.2) is 60.8 Å². The molecule has 0 amide bonds. The number of pyridine rings is 1. The van der Waals surface area contributed by atoms with Crippen LogP contribution in [-0.2, 0) is 24.5 Å². The lowest BCUT2D eigenvalue weighted by Crippen LogP contribution is -2.00. The molecule has 1 N–H and O–H groups in total. The van der Waals surface area contributed by atoms with Gasteiger partial charge in [-0.2, -0.15) is 0 Å². The summed E-state index contributed by atoms with van der Waals surface area (Å²) >= 11 is 0. The zero-order valence-electron chi connectivity index (χ0n) is 16.9. The monoisotopic (exact) mass is 404 g/mol. The Kier molecular flexibility index (Phi) is 6.32. The molecule has 30 heavy (non-hydrogen) atoms. The van der Waals surface area contributed by atoms with E-state index in [9.17, 15) is 0 Å². The van der Waals surface area contributed by atoms with Gasteiger partial charge in [0.15, 0.2) is 0 Å². The Hall–Kier alpha value is -3.29. The van der Waals surface area contributed by atoms with Gasteiger partial charge in [-0.1, -0.05) is 23.4 Å². The normalized spacial score (nSPS) is 11.1. The minimum absolute atomic E-state index is 0.136. The first-order chi connectivity index (χ1) is 14.8. The van der Waals surface area contributed by atoms with Crippen LogP contribution in [-0.4, -0.2) is 38.8 Å². The molecule has 2 heterocycles. The SMILES string of the molecule is COc1ccc(-c2cc(COCc3cn(CCCO)nn3)c3ccccc3n2)cc1. The van der Waals surface area contributed by atoms with Gasteiger partial charge in [-0.05, 0) is 48.4 Å². The molecule has 2 aromatic carbocycles. The topological polar surface area (TPSA) is 82.3 Å². The predicted octanol–water partition coefficient (Wildman–Crippen LogP) is 3.60. The molecule has 154 valence electrons. The van der Waals surface area contributed by atoms with Gasteiger partial charge in [-0.15, -0.1) is 5.10 Å². The fourth-order valence-corrected chi connectivity index (χ4v) is 3.29. The zero-order chi connectivity index (χ0) is 20.8. The van der Waals surface area contributed by atoms with E-state index < -0.39 is 0 Å². The molecule has 7 nitrogen and oxygen atoms in total. The van der Waals surface area contributed by atoms with Crippen molar-refractivity contribution in [3.63, 3.8) is 0 Å². The van der Waals surface area contributed by atoms with E-state index in [0.717, 1.165) is 39.2 Å². The molecule has 0 atom stereocenters. The smallest absolute Gasteiger partial charge is 0.118 e. The molecule has 0 aliphatic carbocycles. The Labute approximate surface area is 174 Å². The van der Waals surface area contributed by atoms with Gasteiger partial charge in [0.1, 0.15) is 11.4 Å². The van der Waals surface area contributed by atoms with E-state index in [1.807, 2.05) is 48.7 Å². The Morgan fingerprint density at radius 3 is 2.67 bits per heavy atom. The summed E-state index contributed by atoms with van der Waals surface area (Å²) in [5.41, 5.74) is 4.68. The van der Waals surface area contributed by atoms with E-state index >= 15 is 0 Å². The first-order valence-electron chi connectivity index (χ1n) is 9.87. The molecule has 0 spiro atoms. The second-order valence-electron chi connectivity index (χ2n) is 6.96. The summed E-state index contributed by atoms with van der Waals surface area (Å²) in [6.07, 6.45) is 2.50. The molecule has 0 saturated carbocycles. The number of aliphatic hydroxyl groups is 1. The molecule has 0 saturated heterocycles. The molecule has 2 aromatic heterocycles. The number of aryl methyl sites for hydroxylation is 1. The van der Waals surface area contributed by atoms with Crippen LogP contribution in [0.2, 0.25) is 0 Å². The number of ether oxygens (including phenoxy) is 2. The molecular formula is C23H24N4O3. The largest absolute Gasteiger partial charge is 0.497 e. The maximum atomic E-state index is 8.92. The number of fused-ring (bicyclic) bond motifs is 1. The summed E-state index contributed by atoms with van der Waals surface area (Å²) in [6, 6.07) is 18.0. The summed E-state index contributed by atoms with van der Waals surface area (Å²) in [6.45, 7) is 1.59. The van der Waals surface area contributed by atoms with Gasteiger partial charge in [0, 0.05) is 24.1 Å². The summed E-state index contributed by atoms with van der Waals surface area (Å²) in [4.78, 5) is 4.82. The third-order valence-electron chi connectivity index (χ3n) is 4.83. The van der Waals surface area contributed by atoms with E-state index in [1.165, 1.54) is 0 Å². The van der Waals surface area contributed by atoms with Crippen molar-refractivity contribution in [2.24, 2.45) is 0 Å². The molecule has 4 rings (SSSR count). The number of aromatic nitrogens is 4. The molecule has 0 unspecified atom stereocenters. The second-order valence-corrected chi connectivity index (χ2v) is 6.96. The lowest BCUT2D eigenvalue weighted by atomic mass is 10.0. The number of hydrogen-bond acceptors (Lipinski definition) is 6. The number of aliphatic hydroxyl groups excluding tert-OH is 1. The Balaban J connectivity index is 1.52. The highest BCUT2D eigenvalue weighted by atomic mass is 16.5. The summed E-state index contributed by atoms with van der Waals surface area (Å²) in [7, 11) is 1.66. The van der Waals surface area contributed by atoms with Crippen LogP contribution in [0, 0.1) is 0 Å². The Morgan fingerprint density at radius 2 is 1.87 bits per heavy atom. The molecule has 7 heteroatoms. The first kappa shape index (κ1) is 20.0. The van der Waals surface area contributed by atoms with Crippen LogP contribution in [0.25, 0.3) is 22.2 Å². The number of hydrogen-bond donors (Lipinski definition) is 1. The standard InChI is InChI=1S/C23H24N4O3/c1-29-20-9-7-17(8-10-20)23-13-18(21-5-2-3-6-22(21)24-23)15-30-16-19-14-27(26-25-19)11-4-12-28/h2-3,5-10,13-14,28H,4,11-12,15-16H2,1H3. The van der Waals surface area contributed by atoms with Crippen molar-refractivity contribution in [1.82, 2.24) is 20.0 Å². The van der Waals surface area contributed by atoms with Crippen LogP contribution in [0.5, 0.6) is 5.75 Å². The van der Waals surface area contributed by atoms with Crippen molar-refractivity contribution < 1.29 is 14.6 Å². The van der Waals surface area contributed by atoms with E-state index in [2.05, 4.69) is 22.4 Å². The molecule has 0 radical (unpaired) electrons. The number of nitrogens with zero attached hydrogens (tertiary/aromatic N) is 4.